The Balaban J connectivity index is 1.62. The lowest BCUT2D eigenvalue weighted by Crippen LogP contribution is -2.15. The number of nitrogens with zero attached hydrogens (tertiary/aromatic N) is 3. The number of carbonyl (C=O) groups is 1. The molecule has 0 fully saturated rings. The number of aromatic nitrogens is 3. The zero-order valence-corrected chi connectivity index (χ0v) is 19.8. The largest absolute Gasteiger partial charge is 0.485 e. The van der Waals surface area contributed by atoms with Crippen LogP contribution in [0.1, 0.15) is 43.6 Å². The number of hydrogen-bond acceptors (Lipinski definition) is 5. The van der Waals surface area contributed by atoms with Crippen LogP contribution in [-0.2, 0) is 17.9 Å². The summed E-state index contributed by atoms with van der Waals surface area (Å²) in [4.78, 5) is 12.3. The summed E-state index contributed by atoms with van der Waals surface area (Å²) in [6.45, 7) is 9.39. The summed E-state index contributed by atoms with van der Waals surface area (Å²) in [5.41, 5.74) is 3.03. The molecule has 1 aromatic heterocycles. The van der Waals surface area contributed by atoms with Crippen molar-refractivity contribution >= 4 is 35.0 Å². The fourth-order valence-corrected chi connectivity index (χ4v) is 4.04. The Morgan fingerprint density at radius 1 is 1.19 bits per heavy atom. The molecule has 8 heteroatoms. The van der Waals surface area contributed by atoms with E-state index in [4.69, 9.17) is 16.3 Å². The van der Waals surface area contributed by atoms with Gasteiger partial charge in [0.2, 0.25) is 5.91 Å². The highest BCUT2D eigenvalue weighted by Gasteiger charge is 2.15. The molecule has 0 aliphatic carbocycles. The highest BCUT2D eigenvalue weighted by atomic mass is 35.5. The molecule has 6 nitrogen and oxygen atoms in total. The predicted molar refractivity (Wildman–Crippen MR) is 126 cm³/mol. The second-order valence-corrected chi connectivity index (χ2v) is 8.85. The number of benzene rings is 2. The van der Waals surface area contributed by atoms with Crippen LogP contribution in [0.4, 0.5) is 5.69 Å². The van der Waals surface area contributed by atoms with E-state index < -0.39 is 0 Å². The average molecular weight is 459 g/mol. The van der Waals surface area contributed by atoms with Crippen LogP contribution in [0.5, 0.6) is 5.75 Å². The van der Waals surface area contributed by atoms with E-state index in [2.05, 4.69) is 54.5 Å². The van der Waals surface area contributed by atoms with E-state index in [0.29, 0.717) is 34.9 Å². The van der Waals surface area contributed by atoms with Gasteiger partial charge in [-0.3, -0.25) is 4.79 Å². The van der Waals surface area contributed by atoms with Crippen LogP contribution in [0.2, 0.25) is 5.02 Å². The molecule has 0 spiro atoms. The molecule has 1 amide bonds. The van der Waals surface area contributed by atoms with Gasteiger partial charge in [0, 0.05) is 17.3 Å². The van der Waals surface area contributed by atoms with Crippen LogP contribution in [-0.4, -0.2) is 26.4 Å². The molecule has 0 aliphatic rings. The molecular weight excluding hydrogens is 432 g/mol. The molecule has 0 bridgehead atoms. The zero-order valence-electron chi connectivity index (χ0n) is 18.2. The van der Waals surface area contributed by atoms with Crippen molar-refractivity contribution in [3.63, 3.8) is 0 Å². The third kappa shape index (κ3) is 6.24. The van der Waals surface area contributed by atoms with E-state index in [1.54, 1.807) is 24.3 Å². The summed E-state index contributed by atoms with van der Waals surface area (Å²) < 4.78 is 8.09. The molecule has 0 aliphatic heterocycles. The molecule has 0 unspecified atom stereocenters. The van der Waals surface area contributed by atoms with Gasteiger partial charge in [0.1, 0.15) is 12.4 Å². The van der Waals surface area contributed by atoms with E-state index in [1.165, 1.54) is 17.3 Å². The number of anilines is 1. The minimum absolute atomic E-state index is 0.114. The lowest BCUT2D eigenvalue weighted by Gasteiger charge is -2.15. The molecule has 2 aromatic carbocycles. The Morgan fingerprint density at radius 2 is 1.94 bits per heavy atom. The van der Waals surface area contributed by atoms with Crippen molar-refractivity contribution in [2.75, 3.05) is 11.1 Å². The van der Waals surface area contributed by atoms with E-state index in [-0.39, 0.29) is 11.7 Å². The van der Waals surface area contributed by atoms with E-state index in [1.807, 2.05) is 11.5 Å². The summed E-state index contributed by atoms with van der Waals surface area (Å²) in [5.74, 6) is 2.09. The quantitative estimate of drug-likeness (QED) is 0.417. The first-order valence-corrected chi connectivity index (χ1v) is 11.6. The molecule has 0 saturated heterocycles. The van der Waals surface area contributed by atoms with Crippen molar-refractivity contribution in [2.45, 2.75) is 51.9 Å². The molecule has 164 valence electrons. The monoisotopic (exact) mass is 458 g/mol. The van der Waals surface area contributed by atoms with Crippen molar-refractivity contribution in [1.29, 1.82) is 0 Å². The number of nitrogens with one attached hydrogen (secondary N) is 1. The van der Waals surface area contributed by atoms with Gasteiger partial charge in [-0.25, -0.2) is 0 Å². The molecule has 0 radical (unpaired) electrons. The topological polar surface area (TPSA) is 69.0 Å². The van der Waals surface area contributed by atoms with Crippen LogP contribution in [0.15, 0.2) is 47.6 Å². The number of thioether (sulfide) groups is 1. The first-order valence-electron chi connectivity index (χ1n) is 10.2. The first-order chi connectivity index (χ1) is 14.9. The van der Waals surface area contributed by atoms with Gasteiger partial charge in [-0.05, 0) is 61.2 Å². The van der Waals surface area contributed by atoms with Gasteiger partial charge >= 0.3 is 0 Å². The predicted octanol–water partition coefficient (Wildman–Crippen LogP) is 5.69. The van der Waals surface area contributed by atoms with Gasteiger partial charge in [-0.1, -0.05) is 49.3 Å². The summed E-state index contributed by atoms with van der Waals surface area (Å²) in [6, 6.07) is 13.3. The van der Waals surface area contributed by atoms with E-state index in [0.717, 1.165) is 17.1 Å². The van der Waals surface area contributed by atoms with E-state index >= 15 is 0 Å². The molecule has 0 saturated carbocycles. The molecule has 0 atom stereocenters. The lowest BCUT2D eigenvalue weighted by molar-refractivity contribution is -0.113. The van der Waals surface area contributed by atoms with Gasteiger partial charge in [0.25, 0.3) is 0 Å². The fourth-order valence-electron chi connectivity index (χ4n) is 3.10. The smallest absolute Gasteiger partial charge is 0.234 e. The summed E-state index contributed by atoms with van der Waals surface area (Å²) in [6.07, 6.45) is 0. The lowest BCUT2D eigenvalue weighted by atomic mass is 10.0. The standard InChI is InChI=1S/C23H27ClN4O2S/c1-5-28-21(13-30-20-12-16(4)6-11-19(20)15(2)3)26-27-23(28)31-14-22(29)25-18-9-7-17(24)8-10-18/h6-12,15H,5,13-14H2,1-4H3,(H,25,29). The maximum atomic E-state index is 12.3. The van der Waals surface area contributed by atoms with Gasteiger partial charge < -0.3 is 14.6 Å². The molecule has 31 heavy (non-hydrogen) atoms. The maximum absolute atomic E-state index is 12.3. The average Bonchev–Trinajstić information content (AvgIpc) is 3.14. The Hall–Kier alpha value is -2.51. The van der Waals surface area contributed by atoms with Crippen molar-refractivity contribution in [2.24, 2.45) is 0 Å². The third-order valence-electron chi connectivity index (χ3n) is 4.72. The number of amides is 1. The Kier molecular flexibility index (Phi) is 7.98. The van der Waals surface area contributed by atoms with Crippen molar-refractivity contribution in [3.8, 4) is 5.75 Å². The molecule has 1 N–H and O–H groups in total. The van der Waals surface area contributed by atoms with Gasteiger partial charge in [0.15, 0.2) is 11.0 Å². The first kappa shape index (κ1) is 23.2. The second-order valence-electron chi connectivity index (χ2n) is 7.47. The Morgan fingerprint density at radius 3 is 2.61 bits per heavy atom. The van der Waals surface area contributed by atoms with Crippen LogP contribution in [0.25, 0.3) is 0 Å². The number of carbonyl (C=O) groups excluding carboxylic acids is 1. The Bertz CT molecular complexity index is 1030. The summed E-state index contributed by atoms with van der Waals surface area (Å²) in [7, 11) is 0. The van der Waals surface area contributed by atoms with Gasteiger partial charge in [-0.2, -0.15) is 0 Å². The normalized spacial score (nSPS) is 11.0. The summed E-state index contributed by atoms with van der Waals surface area (Å²) >= 11 is 7.23. The van der Waals surface area contributed by atoms with Crippen molar-refractivity contribution in [3.05, 3.63) is 64.4 Å². The van der Waals surface area contributed by atoms with Gasteiger partial charge in [0.05, 0.1) is 5.75 Å². The molecule has 3 rings (SSSR count). The molecular formula is C23H27ClN4O2S. The fraction of sp³-hybridized carbons (Fsp3) is 0.348. The molecule has 1 heterocycles. The van der Waals surface area contributed by atoms with Crippen LogP contribution >= 0.6 is 23.4 Å². The third-order valence-corrected chi connectivity index (χ3v) is 5.94. The summed E-state index contributed by atoms with van der Waals surface area (Å²) in [5, 5.41) is 12.7. The number of hydrogen-bond donors (Lipinski definition) is 1. The number of aryl methyl sites for hydroxylation is 1. The maximum Gasteiger partial charge on any atom is 0.234 e. The zero-order chi connectivity index (χ0) is 22.4. The second kappa shape index (κ2) is 10.7. The van der Waals surface area contributed by atoms with Gasteiger partial charge in [-0.15, -0.1) is 10.2 Å². The number of halogens is 1. The van der Waals surface area contributed by atoms with Crippen molar-refractivity contribution < 1.29 is 9.53 Å². The van der Waals surface area contributed by atoms with Crippen LogP contribution < -0.4 is 10.1 Å². The highest BCUT2D eigenvalue weighted by Crippen LogP contribution is 2.28. The van der Waals surface area contributed by atoms with Crippen molar-refractivity contribution in [1.82, 2.24) is 14.8 Å². The highest BCUT2D eigenvalue weighted by molar-refractivity contribution is 7.99. The number of ether oxygens (including phenoxy) is 1. The number of rotatable bonds is 9. The minimum atomic E-state index is -0.114. The van der Waals surface area contributed by atoms with Crippen LogP contribution in [0, 0.1) is 6.92 Å². The van der Waals surface area contributed by atoms with E-state index in [9.17, 15) is 4.79 Å². The minimum Gasteiger partial charge on any atom is -0.485 e. The SMILES string of the molecule is CCn1c(COc2cc(C)ccc2C(C)C)nnc1SCC(=O)Nc1ccc(Cl)cc1. The van der Waals surface area contributed by atoms with Crippen LogP contribution in [0.3, 0.4) is 0 Å². The Labute approximate surface area is 192 Å². The molecule has 3 aromatic rings.